The summed E-state index contributed by atoms with van der Waals surface area (Å²) >= 11 is 7.21. The molecule has 27 heavy (non-hydrogen) atoms. The van der Waals surface area contributed by atoms with Gasteiger partial charge in [0.25, 0.3) is 0 Å². The minimum Gasteiger partial charge on any atom is -0.352 e. The number of amides is 2. The van der Waals surface area contributed by atoms with Gasteiger partial charge in [-0.3, -0.25) is 14.9 Å². The second-order valence-corrected chi connectivity index (χ2v) is 7.43. The van der Waals surface area contributed by atoms with Crippen LogP contribution in [-0.4, -0.2) is 34.3 Å². The first kappa shape index (κ1) is 19.5. The highest BCUT2D eigenvalue weighted by molar-refractivity contribution is 7.09. The van der Waals surface area contributed by atoms with Crippen molar-refractivity contribution in [2.45, 2.75) is 26.3 Å². The molecule has 0 aliphatic carbocycles. The Morgan fingerprint density at radius 1 is 1.37 bits per heavy atom. The van der Waals surface area contributed by atoms with Gasteiger partial charge in [-0.05, 0) is 30.5 Å². The molecule has 0 atom stereocenters. The number of benzene rings is 1. The zero-order valence-electron chi connectivity index (χ0n) is 14.7. The molecule has 0 bridgehead atoms. The van der Waals surface area contributed by atoms with Gasteiger partial charge in [0.05, 0.1) is 0 Å². The summed E-state index contributed by atoms with van der Waals surface area (Å²) in [6.07, 6.45) is 1.38. The van der Waals surface area contributed by atoms with Crippen LogP contribution in [0.25, 0.3) is 0 Å². The monoisotopic (exact) mass is 411 g/mol. The van der Waals surface area contributed by atoms with Gasteiger partial charge in [0.2, 0.25) is 22.9 Å². The fraction of sp³-hybridized carbons (Fsp3) is 0.412. The van der Waals surface area contributed by atoms with Crippen LogP contribution in [0, 0.1) is 11.7 Å². The maximum Gasteiger partial charge on any atom is 0.243 e. The van der Waals surface area contributed by atoms with Crippen molar-refractivity contribution >= 4 is 46.0 Å². The second-order valence-electron chi connectivity index (χ2n) is 6.30. The van der Waals surface area contributed by atoms with Crippen LogP contribution in [0.15, 0.2) is 18.2 Å². The Kier molecular flexibility index (Phi) is 6.22. The number of nitrogens with one attached hydrogen (secondary N) is 2. The van der Waals surface area contributed by atoms with Crippen molar-refractivity contribution in [3.63, 3.8) is 0 Å². The Bertz CT molecular complexity index is 838. The summed E-state index contributed by atoms with van der Waals surface area (Å²) in [6, 6.07) is 4.13. The summed E-state index contributed by atoms with van der Waals surface area (Å²) in [5, 5.41) is 6.46. The normalized spacial score (nSPS) is 14.9. The van der Waals surface area contributed by atoms with Crippen LogP contribution in [0.4, 0.5) is 15.5 Å². The van der Waals surface area contributed by atoms with E-state index in [0.29, 0.717) is 42.5 Å². The van der Waals surface area contributed by atoms with Gasteiger partial charge in [-0.15, -0.1) is 0 Å². The molecule has 0 saturated carbocycles. The number of anilines is 2. The molecule has 1 saturated heterocycles. The topological polar surface area (TPSA) is 87.2 Å². The third-order valence-corrected chi connectivity index (χ3v) is 5.44. The Hall–Kier alpha value is -2.26. The van der Waals surface area contributed by atoms with Crippen LogP contribution in [0.5, 0.6) is 0 Å². The van der Waals surface area contributed by atoms with Crippen LogP contribution in [0.1, 0.15) is 25.3 Å². The van der Waals surface area contributed by atoms with Gasteiger partial charge in [0, 0.05) is 49.0 Å². The van der Waals surface area contributed by atoms with Crippen molar-refractivity contribution in [1.82, 2.24) is 14.7 Å². The van der Waals surface area contributed by atoms with Gasteiger partial charge in [0.15, 0.2) is 0 Å². The molecule has 1 aliphatic heterocycles. The zero-order valence-corrected chi connectivity index (χ0v) is 16.2. The van der Waals surface area contributed by atoms with Crippen molar-refractivity contribution in [3.05, 3.63) is 34.6 Å². The van der Waals surface area contributed by atoms with Crippen LogP contribution in [-0.2, 0) is 16.1 Å². The minimum atomic E-state index is -0.402. The number of hydrogen-bond acceptors (Lipinski definition) is 6. The van der Waals surface area contributed by atoms with Gasteiger partial charge in [-0.25, -0.2) is 4.39 Å². The van der Waals surface area contributed by atoms with Gasteiger partial charge >= 0.3 is 0 Å². The van der Waals surface area contributed by atoms with E-state index in [-0.39, 0.29) is 24.3 Å². The predicted octanol–water partition coefficient (Wildman–Crippen LogP) is 2.82. The molecule has 7 nitrogen and oxygen atoms in total. The second kappa shape index (κ2) is 8.62. The molecule has 3 rings (SSSR count). The van der Waals surface area contributed by atoms with Crippen molar-refractivity contribution in [2.75, 3.05) is 23.3 Å². The Morgan fingerprint density at radius 3 is 2.78 bits per heavy atom. The van der Waals surface area contributed by atoms with E-state index in [9.17, 15) is 14.0 Å². The summed E-state index contributed by atoms with van der Waals surface area (Å²) < 4.78 is 17.2. The third kappa shape index (κ3) is 5.14. The Morgan fingerprint density at radius 2 is 2.11 bits per heavy atom. The number of piperidine rings is 1. The largest absolute Gasteiger partial charge is 0.352 e. The number of nitrogens with zero attached hydrogens (tertiary/aromatic N) is 3. The molecule has 1 aromatic heterocycles. The molecule has 1 aliphatic rings. The minimum absolute atomic E-state index is 0.0359. The maximum atomic E-state index is 13.1. The SMILES string of the molecule is CC(=O)Nc1nsc(N2CCC(C(=O)NCc3ccc(F)cc3Cl)CC2)n1. The Balaban J connectivity index is 1.49. The van der Waals surface area contributed by atoms with Crippen LogP contribution in [0.2, 0.25) is 5.02 Å². The number of rotatable bonds is 5. The molecular weight excluding hydrogens is 393 g/mol. The lowest BCUT2D eigenvalue weighted by Gasteiger charge is -2.30. The van der Waals surface area contributed by atoms with E-state index in [4.69, 9.17) is 11.6 Å². The highest BCUT2D eigenvalue weighted by atomic mass is 35.5. The number of aromatic nitrogens is 2. The van der Waals surface area contributed by atoms with Crippen molar-refractivity contribution in [2.24, 2.45) is 5.92 Å². The van der Waals surface area contributed by atoms with Gasteiger partial charge in [-0.2, -0.15) is 9.36 Å². The maximum absolute atomic E-state index is 13.1. The summed E-state index contributed by atoms with van der Waals surface area (Å²) in [4.78, 5) is 29.8. The summed E-state index contributed by atoms with van der Waals surface area (Å²) in [5.41, 5.74) is 0.684. The highest BCUT2D eigenvalue weighted by Crippen LogP contribution is 2.26. The molecular formula is C17H19ClFN5O2S. The van der Waals surface area contributed by atoms with E-state index < -0.39 is 5.82 Å². The molecule has 10 heteroatoms. The number of halogens is 2. The lowest BCUT2D eigenvalue weighted by atomic mass is 9.96. The smallest absolute Gasteiger partial charge is 0.243 e. The summed E-state index contributed by atoms with van der Waals surface area (Å²) in [6.45, 7) is 3.05. The van der Waals surface area contributed by atoms with Gasteiger partial charge < -0.3 is 10.2 Å². The first-order valence-corrected chi connectivity index (χ1v) is 9.65. The first-order valence-electron chi connectivity index (χ1n) is 8.50. The van der Waals surface area contributed by atoms with Crippen molar-refractivity contribution in [3.8, 4) is 0 Å². The Labute approximate surface area is 165 Å². The van der Waals surface area contributed by atoms with E-state index in [1.54, 1.807) is 6.07 Å². The molecule has 0 radical (unpaired) electrons. The van der Waals surface area contributed by atoms with E-state index in [2.05, 4.69) is 24.9 Å². The first-order chi connectivity index (χ1) is 12.9. The van der Waals surface area contributed by atoms with E-state index >= 15 is 0 Å². The van der Waals surface area contributed by atoms with Gasteiger partial charge in [-0.1, -0.05) is 17.7 Å². The quantitative estimate of drug-likeness (QED) is 0.790. The average molecular weight is 412 g/mol. The molecule has 1 fully saturated rings. The van der Waals surface area contributed by atoms with Crippen LogP contribution in [0.3, 0.4) is 0 Å². The standard InChI is InChI=1S/C17H19ClFN5O2S/c1-10(25)21-16-22-17(27-23-16)24-6-4-11(5-7-24)15(26)20-9-12-2-3-13(19)8-14(12)18/h2-3,8,11H,4-7,9H2,1H3,(H,20,26)(H,21,23,25). The molecule has 2 amide bonds. The van der Waals surface area contributed by atoms with E-state index in [0.717, 1.165) is 5.13 Å². The molecule has 2 aromatic rings. The van der Waals surface area contributed by atoms with Crippen LogP contribution >= 0.6 is 23.1 Å². The molecule has 0 unspecified atom stereocenters. The van der Waals surface area contributed by atoms with Crippen LogP contribution < -0.4 is 15.5 Å². The van der Waals surface area contributed by atoms with Gasteiger partial charge in [0.1, 0.15) is 5.82 Å². The third-order valence-electron chi connectivity index (χ3n) is 4.31. The fourth-order valence-corrected chi connectivity index (χ4v) is 3.79. The predicted molar refractivity (Wildman–Crippen MR) is 102 cm³/mol. The highest BCUT2D eigenvalue weighted by Gasteiger charge is 2.26. The van der Waals surface area contributed by atoms with Crippen molar-refractivity contribution < 1.29 is 14.0 Å². The summed E-state index contributed by atoms with van der Waals surface area (Å²) in [7, 11) is 0. The molecule has 0 spiro atoms. The molecule has 144 valence electrons. The zero-order chi connectivity index (χ0) is 19.4. The fourth-order valence-electron chi connectivity index (χ4n) is 2.88. The molecule has 1 aromatic carbocycles. The molecule has 2 N–H and O–H groups in total. The van der Waals surface area contributed by atoms with Crippen molar-refractivity contribution in [1.29, 1.82) is 0 Å². The lowest BCUT2D eigenvalue weighted by molar-refractivity contribution is -0.125. The van der Waals surface area contributed by atoms with E-state index in [1.165, 1.54) is 30.6 Å². The molecule has 2 heterocycles. The van der Waals surface area contributed by atoms with E-state index in [1.807, 2.05) is 0 Å². The lowest BCUT2D eigenvalue weighted by Crippen LogP contribution is -2.40. The number of carbonyl (C=O) groups excluding carboxylic acids is 2. The number of carbonyl (C=O) groups is 2. The average Bonchev–Trinajstić information content (AvgIpc) is 3.08. The number of hydrogen-bond donors (Lipinski definition) is 2. The summed E-state index contributed by atoms with van der Waals surface area (Å²) in [5.74, 6) is -0.440.